The molecule has 8 nitrogen and oxygen atoms in total. The molecule has 146 valence electrons. The molecule has 10 heteroatoms. The molecule has 0 aliphatic heterocycles. The number of amides is 1. The molecule has 1 N–H and O–H groups in total. The third kappa shape index (κ3) is 3.29. The monoisotopic (exact) mass is 456 g/mol. The number of halogens is 2. The molecule has 1 aliphatic rings. The summed E-state index contributed by atoms with van der Waals surface area (Å²) in [6.45, 7) is -0.233. The lowest BCUT2D eigenvalue weighted by molar-refractivity contribution is -0.116. The molecule has 1 aliphatic carbocycles. The number of hydrogen-bond donors (Lipinski definition) is 1. The summed E-state index contributed by atoms with van der Waals surface area (Å²) in [5.41, 5.74) is 1.48. The fourth-order valence-electron chi connectivity index (χ4n) is 3.25. The Morgan fingerprint density at radius 1 is 1.28 bits per heavy atom. The first kappa shape index (κ1) is 17.9. The Kier molecular flexibility index (Phi) is 4.16. The van der Waals surface area contributed by atoms with Crippen molar-refractivity contribution in [1.82, 2.24) is 24.1 Å². The van der Waals surface area contributed by atoms with Gasteiger partial charge in [-0.3, -0.25) is 14.2 Å². The SMILES string of the molecule is O=C(Cn1c(=O)c2ccc(Br)nc2n2nc(C3CC3)cc12)Nc1ccc(F)cn1. The van der Waals surface area contributed by atoms with E-state index in [-0.39, 0.29) is 17.9 Å². The fourth-order valence-corrected chi connectivity index (χ4v) is 3.55. The highest BCUT2D eigenvalue weighted by Gasteiger charge is 2.28. The maximum absolute atomic E-state index is 13.1. The number of nitrogens with zero attached hydrogens (tertiary/aromatic N) is 5. The van der Waals surface area contributed by atoms with E-state index >= 15 is 0 Å². The summed E-state index contributed by atoms with van der Waals surface area (Å²) in [4.78, 5) is 33.9. The van der Waals surface area contributed by atoms with Gasteiger partial charge in [0, 0.05) is 12.0 Å². The van der Waals surface area contributed by atoms with E-state index in [9.17, 15) is 14.0 Å². The van der Waals surface area contributed by atoms with Gasteiger partial charge in [-0.05, 0) is 53.0 Å². The van der Waals surface area contributed by atoms with Gasteiger partial charge in [-0.25, -0.2) is 14.4 Å². The number of nitrogens with one attached hydrogen (secondary N) is 1. The molecule has 4 heterocycles. The summed E-state index contributed by atoms with van der Waals surface area (Å²) in [6, 6.07) is 7.73. The molecule has 0 spiro atoms. The molecule has 0 bridgehead atoms. The van der Waals surface area contributed by atoms with E-state index in [2.05, 4.69) is 36.3 Å². The Morgan fingerprint density at radius 2 is 2.10 bits per heavy atom. The second kappa shape index (κ2) is 6.73. The van der Waals surface area contributed by atoms with Gasteiger partial charge < -0.3 is 5.32 Å². The Bertz CT molecular complexity index is 1330. The van der Waals surface area contributed by atoms with Gasteiger partial charge in [0.1, 0.15) is 28.4 Å². The van der Waals surface area contributed by atoms with Crippen LogP contribution in [-0.4, -0.2) is 30.1 Å². The van der Waals surface area contributed by atoms with Crippen LogP contribution in [0, 0.1) is 5.82 Å². The molecule has 1 saturated carbocycles. The first-order chi connectivity index (χ1) is 14.0. The molecule has 0 radical (unpaired) electrons. The maximum Gasteiger partial charge on any atom is 0.263 e. The topological polar surface area (TPSA) is 94.2 Å². The van der Waals surface area contributed by atoms with Crippen LogP contribution < -0.4 is 10.9 Å². The maximum atomic E-state index is 13.1. The average Bonchev–Trinajstić information content (AvgIpc) is 3.45. The molecule has 0 unspecified atom stereocenters. The third-order valence-corrected chi connectivity index (χ3v) is 5.24. The first-order valence-corrected chi connectivity index (χ1v) is 9.79. The van der Waals surface area contributed by atoms with Crippen LogP contribution in [0.3, 0.4) is 0 Å². The van der Waals surface area contributed by atoms with E-state index in [0.717, 1.165) is 24.7 Å². The second-order valence-corrected chi connectivity index (χ2v) is 7.73. The molecular weight excluding hydrogens is 443 g/mol. The lowest BCUT2D eigenvalue weighted by Crippen LogP contribution is -2.29. The normalized spacial score (nSPS) is 13.9. The molecule has 1 amide bonds. The van der Waals surface area contributed by atoms with Crippen LogP contribution in [0.15, 0.2) is 45.9 Å². The van der Waals surface area contributed by atoms with E-state index in [4.69, 9.17) is 0 Å². The van der Waals surface area contributed by atoms with Gasteiger partial charge in [-0.15, -0.1) is 0 Å². The van der Waals surface area contributed by atoms with Crippen LogP contribution in [0.5, 0.6) is 0 Å². The summed E-state index contributed by atoms with van der Waals surface area (Å²) < 4.78 is 16.6. The van der Waals surface area contributed by atoms with Crippen LogP contribution >= 0.6 is 15.9 Å². The molecule has 0 aromatic carbocycles. The zero-order valence-corrected chi connectivity index (χ0v) is 16.6. The Morgan fingerprint density at radius 3 is 2.83 bits per heavy atom. The van der Waals surface area contributed by atoms with E-state index in [1.165, 1.54) is 16.7 Å². The molecule has 5 rings (SSSR count). The molecular formula is C19H14BrFN6O2. The van der Waals surface area contributed by atoms with Crippen LogP contribution in [0.25, 0.3) is 16.7 Å². The van der Waals surface area contributed by atoms with Crippen molar-refractivity contribution in [2.75, 3.05) is 5.32 Å². The van der Waals surface area contributed by atoms with Gasteiger partial charge >= 0.3 is 0 Å². The van der Waals surface area contributed by atoms with Crippen molar-refractivity contribution in [1.29, 1.82) is 0 Å². The summed E-state index contributed by atoms with van der Waals surface area (Å²) in [5, 5.41) is 7.57. The largest absolute Gasteiger partial charge is 0.309 e. The first-order valence-electron chi connectivity index (χ1n) is 9.00. The fraction of sp³-hybridized carbons (Fsp3) is 0.211. The van der Waals surface area contributed by atoms with Crippen molar-refractivity contribution in [3.63, 3.8) is 0 Å². The Balaban J connectivity index is 1.60. The predicted octanol–water partition coefficient (Wildman–Crippen LogP) is 2.86. The number of hydrogen-bond acceptors (Lipinski definition) is 5. The summed E-state index contributed by atoms with van der Waals surface area (Å²) in [5.74, 6) is -0.371. The third-order valence-electron chi connectivity index (χ3n) is 4.80. The Hall–Kier alpha value is -3.14. The number of anilines is 1. The minimum Gasteiger partial charge on any atom is -0.309 e. The number of rotatable bonds is 4. The lowest BCUT2D eigenvalue weighted by Gasteiger charge is -2.10. The summed E-state index contributed by atoms with van der Waals surface area (Å²) in [7, 11) is 0. The quantitative estimate of drug-likeness (QED) is 0.476. The molecule has 29 heavy (non-hydrogen) atoms. The second-order valence-electron chi connectivity index (χ2n) is 6.92. The van der Waals surface area contributed by atoms with E-state index in [0.29, 0.717) is 27.2 Å². The molecule has 4 aromatic heterocycles. The predicted molar refractivity (Wildman–Crippen MR) is 107 cm³/mol. The highest BCUT2D eigenvalue weighted by Crippen LogP contribution is 2.39. The molecule has 1 fully saturated rings. The lowest BCUT2D eigenvalue weighted by atomic mass is 10.3. The number of carbonyl (C=O) groups is 1. The molecule has 0 saturated heterocycles. The average molecular weight is 457 g/mol. The number of carbonyl (C=O) groups excluding carboxylic acids is 1. The number of aromatic nitrogens is 5. The van der Waals surface area contributed by atoms with Crippen molar-refractivity contribution in [2.24, 2.45) is 0 Å². The van der Waals surface area contributed by atoms with E-state index in [1.807, 2.05) is 6.07 Å². The minimum absolute atomic E-state index is 0.207. The van der Waals surface area contributed by atoms with Crippen molar-refractivity contribution in [2.45, 2.75) is 25.3 Å². The highest BCUT2D eigenvalue weighted by molar-refractivity contribution is 9.10. The molecule has 0 atom stereocenters. The van der Waals surface area contributed by atoms with Crippen molar-refractivity contribution in [3.05, 3.63) is 63.0 Å². The number of fused-ring (bicyclic) bond motifs is 3. The van der Waals surface area contributed by atoms with Gasteiger partial charge in [0.15, 0.2) is 5.65 Å². The zero-order valence-electron chi connectivity index (χ0n) is 15.0. The smallest absolute Gasteiger partial charge is 0.263 e. The van der Waals surface area contributed by atoms with Gasteiger partial charge in [0.05, 0.1) is 17.3 Å². The Labute approximate surface area is 171 Å². The van der Waals surface area contributed by atoms with Gasteiger partial charge in [0.2, 0.25) is 5.91 Å². The van der Waals surface area contributed by atoms with Crippen LogP contribution in [0.4, 0.5) is 10.2 Å². The van der Waals surface area contributed by atoms with E-state index in [1.54, 1.807) is 16.6 Å². The van der Waals surface area contributed by atoms with Crippen LogP contribution in [-0.2, 0) is 11.3 Å². The van der Waals surface area contributed by atoms with Gasteiger partial charge in [-0.2, -0.15) is 9.61 Å². The number of pyridine rings is 2. The van der Waals surface area contributed by atoms with Crippen molar-refractivity contribution in [3.8, 4) is 0 Å². The van der Waals surface area contributed by atoms with Gasteiger partial charge in [-0.1, -0.05) is 0 Å². The summed E-state index contributed by atoms with van der Waals surface area (Å²) in [6.07, 6.45) is 3.12. The highest BCUT2D eigenvalue weighted by atomic mass is 79.9. The minimum atomic E-state index is -0.499. The standard InChI is InChI=1S/C19H14BrFN6O2/c20-14-5-4-12-18(23-14)27-17(7-13(25-27)10-1-2-10)26(19(12)29)9-16(28)24-15-6-3-11(21)8-22-15/h3-8,10H,1-2,9H2,(H,22,24,28). The molecule has 4 aromatic rings. The summed E-state index contributed by atoms with van der Waals surface area (Å²) >= 11 is 3.33. The van der Waals surface area contributed by atoms with E-state index < -0.39 is 11.7 Å². The van der Waals surface area contributed by atoms with Crippen LogP contribution in [0.2, 0.25) is 0 Å². The van der Waals surface area contributed by atoms with Crippen LogP contribution in [0.1, 0.15) is 24.5 Å². The van der Waals surface area contributed by atoms with Crippen molar-refractivity contribution < 1.29 is 9.18 Å². The van der Waals surface area contributed by atoms with Gasteiger partial charge in [0.25, 0.3) is 5.56 Å². The van der Waals surface area contributed by atoms with Crippen molar-refractivity contribution >= 4 is 44.3 Å². The zero-order chi connectivity index (χ0) is 20.1.